The second-order valence-corrected chi connectivity index (χ2v) is 28.0. The molecule has 100 heavy (non-hydrogen) atoms. The molecule has 9 N–H and O–H groups in total. The van der Waals surface area contributed by atoms with Crippen molar-refractivity contribution in [3.8, 4) is 38.4 Å². The second-order valence-electron chi connectivity index (χ2n) is 23.7. The maximum atomic E-state index is 15.3. The number of aromatic nitrogens is 7. The lowest BCUT2D eigenvalue weighted by Crippen LogP contribution is -2.62. The van der Waals surface area contributed by atoms with Crippen LogP contribution in [0.25, 0.3) is 49.3 Å². The topological polar surface area (TPSA) is 423 Å². The van der Waals surface area contributed by atoms with E-state index < -0.39 is 128 Å². The highest BCUT2D eigenvalue weighted by atomic mass is 32.1. The smallest absolute Gasteiger partial charge is 0.358 e. The van der Waals surface area contributed by atoms with Crippen molar-refractivity contribution in [2.45, 2.75) is 108 Å². The van der Waals surface area contributed by atoms with E-state index in [9.17, 15) is 29.4 Å². The van der Waals surface area contributed by atoms with Gasteiger partial charge in [0.2, 0.25) is 5.91 Å². The number of carbonyl (C=O) groups excluding carboxylic acids is 8. The number of carbonyl (C=O) groups is 8. The number of fused-ring (bicyclic) bond motifs is 15. The summed E-state index contributed by atoms with van der Waals surface area (Å²) in [7, 11) is 7.56. The van der Waals surface area contributed by atoms with Crippen LogP contribution in [0, 0.1) is 0 Å². The number of hydrogen-bond donors (Lipinski definition) is 8. The Morgan fingerprint density at radius 2 is 1.51 bits per heavy atom. The molecule has 7 aromatic heterocycles. The summed E-state index contributed by atoms with van der Waals surface area (Å²) in [5.74, 6) is -7.23. The zero-order valence-electron chi connectivity index (χ0n) is 54.6. The SMILES string of the molecule is C=C(NC(=O)c1csc(-c2nc3c(cc2OC)-c2nc(cs2)C(=O)NC(C(C)O)C(=O)N/C(=C(\C)OC)c2nc(cs2)C(=O)NC2c4nc(cs4)C(=O)NC(COC(=O)c4c5c6c(cccc6n4OC)COC(=O)C(OC4CC(C)(O)C(N(C)C)C(C)O4)C2OC5)c2nc-3cs2)n1)C(N)=O. The fourth-order valence-electron chi connectivity index (χ4n) is 12.1. The summed E-state index contributed by atoms with van der Waals surface area (Å²) < 4.78 is 45.2. The van der Waals surface area contributed by atoms with Gasteiger partial charge in [0.1, 0.15) is 127 Å². The van der Waals surface area contributed by atoms with Gasteiger partial charge in [-0.3, -0.25) is 28.8 Å². The number of pyridine rings is 1. The molecule has 4 aliphatic rings. The monoisotopic (exact) mass is 1460 g/mol. The minimum atomic E-state index is -1.88. The third-order valence-corrected chi connectivity index (χ3v) is 21.2. The summed E-state index contributed by atoms with van der Waals surface area (Å²) in [6.45, 7) is 8.04. The largest absolute Gasteiger partial charge is 0.499 e. The number of esters is 2. The lowest BCUT2D eigenvalue weighted by Gasteiger charge is -2.48. The highest BCUT2D eigenvalue weighted by molar-refractivity contribution is 7.14. The number of likely N-dealkylation sites (N-methyl/N-ethyl adjacent to an activating group) is 1. The molecule has 0 spiro atoms. The number of thiazole rings is 5. The average molecular weight is 1470 g/mol. The molecule has 11 heterocycles. The molecule has 8 aromatic rings. The first kappa shape index (κ1) is 70.3. The van der Waals surface area contributed by atoms with E-state index in [1.54, 1.807) is 62.5 Å². The number of amides is 6. The molecule has 6 amide bonds. The fraction of sp³-hybridized carbons (Fsp3) is 0.365. The molecule has 1 saturated heterocycles. The van der Waals surface area contributed by atoms with Crippen LogP contribution >= 0.6 is 56.7 Å². The Balaban J connectivity index is 1.05. The molecule has 37 heteroatoms. The molecule has 0 aliphatic carbocycles. The van der Waals surface area contributed by atoms with E-state index in [2.05, 4.69) is 48.1 Å². The molecule has 1 fully saturated rings. The highest BCUT2D eigenvalue weighted by Gasteiger charge is 2.50. The van der Waals surface area contributed by atoms with Gasteiger partial charge < -0.3 is 85.4 Å². The summed E-state index contributed by atoms with van der Waals surface area (Å²) in [4.78, 5) is 151. The number of primary amides is 1. The first-order valence-electron chi connectivity index (χ1n) is 30.4. The Hall–Kier alpha value is -9.54. The van der Waals surface area contributed by atoms with Crippen LogP contribution < -0.4 is 41.9 Å². The van der Waals surface area contributed by atoms with Crippen LogP contribution in [-0.2, 0) is 56.0 Å². The maximum Gasteiger partial charge on any atom is 0.358 e. The van der Waals surface area contributed by atoms with Crippen LogP contribution in [0.5, 0.6) is 5.75 Å². The molecule has 32 nitrogen and oxygen atoms in total. The summed E-state index contributed by atoms with van der Waals surface area (Å²) in [5, 5.41) is 44.6. The van der Waals surface area contributed by atoms with Gasteiger partial charge in [-0.25, -0.2) is 39.5 Å². The third kappa shape index (κ3) is 13.8. The van der Waals surface area contributed by atoms with E-state index >= 15 is 19.2 Å². The Labute approximate surface area is 587 Å². The van der Waals surface area contributed by atoms with Crippen molar-refractivity contribution >= 4 is 121 Å². The average Bonchev–Trinajstić information content (AvgIpc) is 1.56. The molecule has 12 rings (SSSR count). The van der Waals surface area contributed by atoms with Crippen LogP contribution in [0.1, 0.15) is 125 Å². The van der Waals surface area contributed by atoms with Gasteiger partial charge in [-0.15, -0.1) is 56.7 Å². The maximum absolute atomic E-state index is 15.3. The molecular weight excluding hydrogens is 1400 g/mol. The molecule has 12 bridgehead atoms. The van der Waals surface area contributed by atoms with Crippen LogP contribution in [0.2, 0.25) is 0 Å². The molecular formula is C63H64N14O18S5. The van der Waals surface area contributed by atoms with E-state index in [1.165, 1.54) is 61.4 Å². The lowest BCUT2D eigenvalue weighted by atomic mass is 9.85. The number of nitrogens with zero attached hydrogens (tertiary/aromatic N) is 8. The minimum absolute atomic E-state index is 0.00468. The van der Waals surface area contributed by atoms with E-state index in [0.717, 1.165) is 56.7 Å². The van der Waals surface area contributed by atoms with Crippen molar-refractivity contribution in [2.75, 3.05) is 42.0 Å². The number of rotatable bonds is 11. The van der Waals surface area contributed by atoms with E-state index in [4.69, 9.17) is 58.7 Å². The zero-order chi connectivity index (χ0) is 71.3. The zero-order valence-corrected chi connectivity index (χ0v) is 58.6. The van der Waals surface area contributed by atoms with Gasteiger partial charge in [0.05, 0.1) is 55.9 Å². The number of aliphatic hydroxyl groups excluding tert-OH is 1. The number of hydrogen-bond acceptors (Lipinski definition) is 30. The summed E-state index contributed by atoms with van der Waals surface area (Å²) >= 11 is 4.77. The normalized spacial score (nSPS) is 23.7. The Bertz CT molecular complexity index is 4640. The third-order valence-electron chi connectivity index (χ3n) is 16.7. The number of methoxy groups -OCH3 is 2. The van der Waals surface area contributed by atoms with E-state index in [-0.39, 0.29) is 111 Å². The van der Waals surface area contributed by atoms with Crippen LogP contribution in [-0.4, -0.2) is 188 Å². The first-order chi connectivity index (χ1) is 47.7. The van der Waals surface area contributed by atoms with Crippen LogP contribution in [0.15, 0.2) is 69.2 Å². The predicted octanol–water partition coefficient (Wildman–Crippen LogP) is 4.02. The second kappa shape index (κ2) is 28.6. The molecule has 10 atom stereocenters. The van der Waals surface area contributed by atoms with Gasteiger partial charge >= 0.3 is 11.9 Å². The highest BCUT2D eigenvalue weighted by Crippen LogP contribution is 2.43. The van der Waals surface area contributed by atoms with Crippen molar-refractivity contribution in [2.24, 2.45) is 5.73 Å². The Morgan fingerprint density at radius 3 is 2.21 bits per heavy atom. The van der Waals surface area contributed by atoms with Crippen molar-refractivity contribution < 1.29 is 86.6 Å². The number of nitrogens with one attached hydrogen (secondary N) is 5. The van der Waals surface area contributed by atoms with Crippen LogP contribution in [0.3, 0.4) is 0 Å². The summed E-state index contributed by atoms with van der Waals surface area (Å²) in [6, 6.07) is 1.42. The van der Waals surface area contributed by atoms with Gasteiger partial charge in [0.25, 0.3) is 29.5 Å². The molecule has 4 aliphatic heterocycles. The summed E-state index contributed by atoms with van der Waals surface area (Å²) in [6.07, 6.45) is -7.39. The molecule has 524 valence electrons. The van der Waals surface area contributed by atoms with Crippen molar-refractivity contribution in [3.63, 3.8) is 0 Å². The first-order valence-corrected chi connectivity index (χ1v) is 34.8. The number of benzene rings is 1. The number of ether oxygens (including phenoxy) is 7. The van der Waals surface area contributed by atoms with Crippen molar-refractivity contribution in [3.05, 3.63) is 124 Å². The fourth-order valence-corrected chi connectivity index (χ4v) is 16.2. The van der Waals surface area contributed by atoms with Gasteiger partial charge in [-0.05, 0) is 59.5 Å². The number of aliphatic hydroxyl groups is 2. The van der Waals surface area contributed by atoms with Crippen molar-refractivity contribution in [1.82, 2.24) is 66.1 Å². The molecule has 0 saturated carbocycles. The number of allylic oxidation sites excluding steroid dienone is 1. The Kier molecular flexibility index (Phi) is 20.1. The van der Waals surface area contributed by atoms with Gasteiger partial charge in [-0.2, -0.15) is 4.73 Å². The molecule has 1 aromatic carbocycles. The van der Waals surface area contributed by atoms with Crippen LogP contribution in [0.4, 0.5) is 0 Å². The van der Waals surface area contributed by atoms with Gasteiger partial charge in [0, 0.05) is 49.8 Å². The number of cyclic esters (lactones) is 2. The standard InChI is InChI=1S/C63H64N14O18S5/c1-24(50(64)79)65-51(80)33-21-99-59(70-33)44-38(89-9)14-29-43(72-44)32-19-97-57(67-32)31-18-93-61(85)46-30-17-91-47(48(95-39-15-63(5,87)49(76(6)7)27(4)94-39)62(86)92-16-28-12-11-13-37(40(28)30)77(46)90-10)45(60-71-34(22-100-60)52(81)66-31)75-54(83)36-23-98-58(69-36)42(26(3)88-8)74-55(84)41(25(2)78)73-53(82)35-20-96-56(29)68-35/h11-14,19-23,25,27,31,39,41,45,47-49,78,87H,1,15-18H2,2-10H3,(H2,64,79)(H,65,80)(H,66,81)(H,73,82)(H,74,84)(H,75,83)/b42-26+. The van der Waals surface area contributed by atoms with Gasteiger partial charge in [0.15, 0.2) is 18.1 Å². The summed E-state index contributed by atoms with van der Waals surface area (Å²) in [5.41, 5.74) is 3.72. The minimum Gasteiger partial charge on any atom is -0.499 e. The molecule has 10 unspecified atom stereocenters. The predicted molar refractivity (Wildman–Crippen MR) is 360 cm³/mol. The number of nitrogens with two attached hydrogens (primary N) is 1. The van der Waals surface area contributed by atoms with E-state index in [0.29, 0.717) is 16.5 Å². The van der Waals surface area contributed by atoms with Gasteiger partial charge in [-0.1, -0.05) is 18.7 Å². The lowest BCUT2D eigenvalue weighted by molar-refractivity contribution is -0.280. The quantitative estimate of drug-likeness (QED) is 0.0515. The van der Waals surface area contributed by atoms with Crippen molar-refractivity contribution in [1.29, 1.82) is 0 Å². The molecule has 0 radical (unpaired) electrons. The van der Waals surface area contributed by atoms with E-state index in [1.807, 2.05) is 0 Å². The Morgan fingerprint density at radius 1 is 0.840 bits per heavy atom.